The van der Waals surface area contributed by atoms with Crippen LogP contribution in [0.15, 0.2) is 23.2 Å². The van der Waals surface area contributed by atoms with Gasteiger partial charge in [0.15, 0.2) is 0 Å². The maximum atomic E-state index is 12.9. The maximum Gasteiger partial charge on any atom is 0.348 e. The highest BCUT2D eigenvalue weighted by atomic mass is 32.2. The van der Waals surface area contributed by atoms with Crippen LogP contribution in [0.1, 0.15) is 34.9 Å². The van der Waals surface area contributed by atoms with Crippen LogP contribution in [0.3, 0.4) is 0 Å². The smallest absolute Gasteiger partial charge is 0.348 e. The molecule has 1 atom stereocenters. The molecule has 2 aromatic heterocycles. The van der Waals surface area contributed by atoms with Crippen LogP contribution in [0.25, 0.3) is 10.2 Å². The first kappa shape index (κ1) is 24.4. The number of esters is 1. The summed E-state index contributed by atoms with van der Waals surface area (Å²) in [5, 5.41) is 14.4. The second-order valence-electron chi connectivity index (χ2n) is 6.92. The van der Waals surface area contributed by atoms with Crippen molar-refractivity contribution in [2.45, 2.75) is 38.0 Å². The summed E-state index contributed by atoms with van der Waals surface area (Å²) in [7, 11) is 1.41. The summed E-state index contributed by atoms with van der Waals surface area (Å²) in [6, 6.07) is 3.97. The van der Waals surface area contributed by atoms with Crippen LogP contribution in [0.2, 0.25) is 0 Å². The molecule has 1 aromatic carbocycles. The summed E-state index contributed by atoms with van der Waals surface area (Å²) in [5.74, 6) is 0.00525. The van der Waals surface area contributed by atoms with Gasteiger partial charge in [-0.1, -0.05) is 11.8 Å². The summed E-state index contributed by atoms with van der Waals surface area (Å²) < 4.78 is 10.3. The van der Waals surface area contributed by atoms with E-state index in [1.807, 2.05) is 0 Å². The molecule has 0 saturated carbocycles. The van der Waals surface area contributed by atoms with Gasteiger partial charge in [-0.25, -0.2) is 14.8 Å². The van der Waals surface area contributed by atoms with Crippen LogP contribution in [0.4, 0.5) is 11.4 Å². The average molecular weight is 491 g/mol. The molecule has 0 aliphatic carbocycles. The van der Waals surface area contributed by atoms with Gasteiger partial charge >= 0.3 is 5.97 Å². The number of methoxy groups -OCH3 is 1. The fourth-order valence-electron chi connectivity index (χ4n) is 3.04. The minimum Gasteiger partial charge on any atom is -0.495 e. The molecule has 0 saturated heterocycles. The van der Waals surface area contributed by atoms with Crippen molar-refractivity contribution in [3.8, 4) is 5.75 Å². The maximum absolute atomic E-state index is 12.9. The molecule has 3 aromatic rings. The molecule has 0 radical (unpaired) electrons. The number of aromatic nitrogens is 2. The highest BCUT2D eigenvalue weighted by Gasteiger charge is 2.24. The Morgan fingerprint density at radius 3 is 2.67 bits per heavy atom. The Morgan fingerprint density at radius 2 is 2.03 bits per heavy atom. The van der Waals surface area contributed by atoms with Gasteiger partial charge in [0.25, 0.3) is 5.69 Å². The number of nitrogens with one attached hydrogen (secondary N) is 1. The van der Waals surface area contributed by atoms with E-state index >= 15 is 0 Å². The minimum absolute atomic E-state index is 0.167. The highest BCUT2D eigenvalue weighted by Crippen LogP contribution is 2.38. The molecule has 0 aliphatic rings. The number of fused-ring (bicyclic) bond motifs is 1. The summed E-state index contributed by atoms with van der Waals surface area (Å²) >= 11 is 2.44. The Balaban J connectivity index is 1.90. The SMILES string of the molecule is CCOC(=O)c1sc2nc(C)nc(SC(C)C(=O)Nc3cc([N+](=O)[O-])ccc3OC)c2c1C. The van der Waals surface area contributed by atoms with E-state index in [4.69, 9.17) is 9.47 Å². The standard InChI is InChI=1S/C21H22N4O6S2/c1-6-31-21(27)17-10(2)16-19(22-12(4)23-20(16)33-17)32-11(3)18(26)24-14-9-13(25(28)29)7-8-15(14)30-5/h7-9,11H,6H2,1-5H3,(H,24,26). The molecule has 174 valence electrons. The van der Waals surface area contributed by atoms with Crippen molar-refractivity contribution in [2.24, 2.45) is 0 Å². The number of carbonyl (C=O) groups excluding carboxylic acids is 2. The van der Waals surface area contributed by atoms with E-state index < -0.39 is 16.1 Å². The molecule has 1 N–H and O–H groups in total. The Kier molecular flexibility index (Phi) is 7.49. The molecule has 0 bridgehead atoms. The van der Waals surface area contributed by atoms with Crippen LogP contribution in [-0.2, 0) is 9.53 Å². The van der Waals surface area contributed by atoms with Gasteiger partial charge in [0.2, 0.25) is 5.91 Å². The summed E-state index contributed by atoms with van der Waals surface area (Å²) in [6.45, 7) is 7.23. The predicted molar refractivity (Wildman–Crippen MR) is 126 cm³/mol. The number of nitro groups is 1. The quantitative estimate of drug-likeness (QED) is 0.159. The van der Waals surface area contributed by atoms with Crippen molar-refractivity contribution in [3.63, 3.8) is 0 Å². The molecule has 0 spiro atoms. The van der Waals surface area contributed by atoms with Crippen molar-refractivity contribution in [3.05, 3.63) is 44.6 Å². The Hall–Kier alpha value is -3.25. The number of ether oxygens (including phenoxy) is 2. The third-order valence-corrected chi connectivity index (χ3v) is 6.89. The number of benzene rings is 1. The molecule has 33 heavy (non-hydrogen) atoms. The van der Waals surface area contributed by atoms with Gasteiger partial charge in [-0.05, 0) is 39.3 Å². The van der Waals surface area contributed by atoms with Crippen molar-refractivity contribution in [1.82, 2.24) is 9.97 Å². The third-order valence-electron chi connectivity index (χ3n) is 4.64. The van der Waals surface area contributed by atoms with Crippen LogP contribution >= 0.6 is 23.1 Å². The second-order valence-corrected chi connectivity index (χ2v) is 9.25. The van der Waals surface area contributed by atoms with E-state index in [-0.39, 0.29) is 23.9 Å². The first-order chi connectivity index (χ1) is 15.7. The van der Waals surface area contributed by atoms with Crippen LogP contribution < -0.4 is 10.1 Å². The fraction of sp³-hybridized carbons (Fsp3) is 0.333. The summed E-state index contributed by atoms with van der Waals surface area (Å²) in [4.78, 5) is 45.8. The summed E-state index contributed by atoms with van der Waals surface area (Å²) in [5.41, 5.74) is 0.730. The normalized spacial score (nSPS) is 11.8. The molecular formula is C21H22N4O6S2. The van der Waals surface area contributed by atoms with Gasteiger partial charge in [-0.3, -0.25) is 14.9 Å². The van der Waals surface area contributed by atoms with Gasteiger partial charge in [-0.15, -0.1) is 11.3 Å². The average Bonchev–Trinajstić information content (AvgIpc) is 3.09. The van der Waals surface area contributed by atoms with Crippen LogP contribution in [0.5, 0.6) is 5.75 Å². The largest absolute Gasteiger partial charge is 0.495 e. The molecule has 3 rings (SSSR count). The van der Waals surface area contributed by atoms with E-state index in [2.05, 4.69) is 15.3 Å². The first-order valence-electron chi connectivity index (χ1n) is 9.91. The van der Waals surface area contributed by atoms with Crippen LogP contribution in [0, 0.1) is 24.0 Å². The monoisotopic (exact) mass is 490 g/mol. The minimum atomic E-state index is -0.614. The van der Waals surface area contributed by atoms with E-state index in [0.717, 1.165) is 0 Å². The van der Waals surface area contributed by atoms with Gasteiger partial charge in [-0.2, -0.15) is 0 Å². The van der Waals surface area contributed by atoms with Crippen molar-refractivity contribution in [1.29, 1.82) is 0 Å². The van der Waals surface area contributed by atoms with Crippen molar-refractivity contribution < 1.29 is 24.0 Å². The topological polar surface area (TPSA) is 134 Å². The predicted octanol–water partition coefficient (Wildman–Crippen LogP) is 4.52. The van der Waals surface area contributed by atoms with Gasteiger partial charge in [0.1, 0.15) is 26.3 Å². The number of hydrogen-bond acceptors (Lipinski definition) is 10. The molecule has 12 heteroatoms. The number of carbonyl (C=O) groups is 2. The molecule has 1 unspecified atom stereocenters. The van der Waals surface area contributed by atoms with E-state index in [9.17, 15) is 19.7 Å². The lowest BCUT2D eigenvalue weighted by atomic mass is 10.2. The highest BCUT2D eigenvalue weighted by molar-refractivity contribution is 8.00. The van der Waals surface area contributed by atoms with E-state index in [1.54, 1.807) is 27.7 Å². The number of hydrogen-bond donors (Lipinski definition) is 1. The molecule has 1 amide bonds. The fourth-order valence-corrected chi connectivity index (χ4v) is 5.28. The third kappa shape index (κ3) is 5.22. The Labute approximate surface area is 197 Å². The summed E-state index contributed by atoms with van der Waals surface area (Å²) in [6.07, 6.45) is 0. The van der Waals surface area contributed by atoms with Gasteiger partial charge in [0, 0.05) is 17.5 Å². The lowest BCUT2D eigenvalue weighted by Gasteiger charge is -2.14. The van der Waals surface area contributed by atoms with E-state index in [0.29, 0.717) is 37.3 Å². The zero-order chi connectivity index (χ0) is 24.3. The van der Waals surface area contributed by atoms with Crippen molar-refractivity contribution in [2.75, 3.05) is 19.0 Å². The molecule has 10 nitrogen and oxygen atoms in total. The molecule has 0 fully saturated rings. The first-order valence-corrected chi connectivity index (χ1v) is 11.6. The number of rotatable bonds is 8. The van der Waals surface area contributed by atoms with E-state index in [1.165, 1.54) is 48.4 Å². The van der Waals surface area contributed by atoms with Crippen molar-refractivity contribution >= 4 is 56.6 Å². The molecular weight excluding hydrogens is 468 g/mol. The number of thiophene rings is 1. The lowest BCUT2D eigenvalue weighted by Crippen LogP contribution is -2.23. The number of amides is 1. The number of non-ortho nitro benzene ring substituents is 1. The van der Waals surface area contributed by atoms with Gasteiger partial charge < -0.3 is 14.8 Å². The zero-order valence-electron chi connectivity index (χ0n) is 18.6. The molecule has 2 heterocycles. The number of aryl methyl sites for hydroxylation is 2. The number of nitro benzene ring substituents is 1. The number of thioether (sulfide) groups is 1. The second kappa shape index (κ2) is 10.1. The Morgan fingerprint density at radius 1 is 1.30 bits per heavy atom. The zero-order valence-corrected chi connectivity index (χ0v) is 20.3. The number of anilines is 1. The number of nitrogens with zero attached hydrogens (tertiary/aromatic N) is 3. The van der Waals surface area contributed by atoms with Crippen LogP contribution in [-0.4, -0.2) is 45.7 Å². The Bertz CT molecular complexity index is 1240. The molecule has 0 aliphatic heterocycles. The van der Waals surface area contributed by atoms with Gasteiger partial charge in [0.05, 0.1) is 29.6 Å². The lowest BCUT2D eigenvalue weighted by molar-refractivity contribution is -0.384.